The molecule has 2 rings (SSSR count). The number of hydrogen-bond donors (Lipinski definition) is 2. The minimum Gasteiger partial charge on any atom is -0.397 e. The van der Waals surface area contributed by atoms with Crippen molar-refractivity contribution in [1.29, 1.82) is 0 Å². The van der Waals surface area contributed by atoms with E-state index >= 15 is 0 Å². The van der Waals surface area contributed by atoms with Gasteiger partial charge in [-0.25, -0.2) is 4.39 Å². The number of nitrogens with one attached hydrogen (secondary N) is 1. The van der Waals surface area contributed by atoms with Gasteiger partial charge in [-0.3, -0.25) is 0 Å². The summed E-state index contributed by atoms with van der Waals surface area (Å²) in [6, 6.07) is 4.81. The van der Waals surface area contributed by atoms with Crippen LogP contribution >= 0.6 is 0 Å². The first-order valence-electron chi connectivity index (χ1n) is 6.55. The van der Waals surface area contributed by atoms with Crippen LogP contribution in [0.15, 0.2) is 18.2 Å². The maximum Gasteiger partial charge on any atom is 0.148 e. The molecule has 1 saturated carbocycles. The number of benzene rings is 1. The summed E-state index contributed by atoms with van der Waals surface area (Å²) in [5, 5.41) is 3.13. The molecule has 1 aromatic rings. The van der Waals surface area contributed by atoms with Gasteiger partial charge >= 0.3 is 0 Å². The first-order chi connectivity index (χ1) is 8.27. The molecule has 0 heterocycles. The van der Waals surface area contributed by atoms with Crippen molar-refractivity contribution in [3.8, 4) is 0 Å². The lowest BCUT2D eigenvalue weighted by Crippen LogP contribution is -2.13. The molecule has 0 bridgehead atoms. The molecule has 1 fully saturated rings. The molecule has 0 amide bonds. The van der Waals surface area contributed by atoms with E-state index in [2.05, 4.69) is 5.32 Å². The lowest BCUT2D eigenvalue weighted by atomic mass is 9.87. The number of para-hydroxylation sites is 1. The SMILES string of the molecule is Nc1cccc(F)c1NCCC1CCCCC1. The average molecular weight is 236 g/mol. The van der Waals surface area contributed by atoms with Crippen LogP contribution in [-0.4, -0.2) is 6.54 Å². The minimum atomic E-state index is -0.256. The highest BCUT2D eigenvalue weighted by molar-refractivity contribution is 5.66. The van der Waals surface area contributed by atoms with Gasteiger partial charge in [0.25, 0.3) is 0 Å². The van der Waals surface area contributed by atoms with Crippen molar-refractivity contribution in [3.05, 3.63) is 24.0 Å². The molecule has 1 aliphatic rings. The molecule has 0 saturated heterocycles. The number of hydrogen-bond acceptors (Lipinski definition) is 2. The zero-order chi connectivity index (χ0) is 12.1. The van der Waals surface area contributed by atoms with E-state index in [-0.39, 0.29) is 5.82 Å². The number of nitrogen functional groups attached to an aromatic ring is 1. The van der Waals surface area contributed by atoms with E-state index in [0.29, 0.717) is 11.4 Å². The molecule has 1 aromatic carbocycles. The van der Waals surface area contributed by atoms with Crippen LogP contribution in [-0.2, 0) is 0 Å². The van der Waals surface area contributed by atoms with Gasteiger partial charge in [0.15, 0.2) is 0 Å². The fourth-order valence-corrected chi connectivity index (χ4v) is 2.60. The van der Waals surface area contributed by atoms with Crippen LogP contribution in [0.4, 0.5) is 15.8 Å². The number of halogens is 1. The highest BCUT2D eigenvalue weighted by Crippen LogP contribution is 2.27. The molecule has 3 N–H and O–H groups in total. The van der Waals surface area contributed by atoms with Gasteiger partial charge in [-0.05, 0) is 24.5 Å². The summed E-state index contributed by atoms with van der Waals surface area (Å²) in [5.74, 6) is 0.554. The van der Waals surface area contributed by atoms with Gasteiger partial charge in [0, 0.05) is 6.54 Å². The normalized spacial score (nSPS) is 17.0. The van der Waals surface area contributed by atoms with Crippen molar-refractivity contribution < 1.29 is 4.39 Å². The largest absolute Gasteiger partial charge is 0.397 e. The van der Waals surface area contributed by atoms with Crippen LogP contribution in [0.3, 0.4) is 0 Å². The maximum atomic E-state index is 13.5. The van der Waals surface area contributed by atoms with E-state index in [1.54, 1.807) is 12.1 Å². The summed E-state index contributed by atoms with van der Waals surface area (Å²) in [7, 11) is 0. The Balaban J connectivity index is 1.81. The summed E-state index contributed by atoms with van der Waals surface area (Å²) in [4.78, 5) is 0. The zero-order valence-electron chi connectivity index (χ0n) is 10.2. The van der Waals surface area contributed by atoms with Crippen LogP contribution in [0.2, 0.25) is 0 Å². The Morgan fingerprint density at radius 1 is 1.24 bits per heavy atom. The van der Waals surface area contributed by atoms with Crippen LogP contribution in [0.25, 0.3) is 0 Å². The van der Waals surface area contributed by atoms with E-state index in [1.165, 1.54) is 38.2 Å². The van der Waals surface area contributed by atoms with Gasteiger partial charge in [-0.2, -0.15) is 0 Å². The Bertz CT molecular complexity index is 339. The molecule has 3 heteroatoms. The summed E-state index contributed by atoms with van der Waals surface area (Å²) >= 11 is 0. The summed E-state index contributed by atoms with van der Waals surface area (Å²) in [6.45, 7) is 0.815. The highest BCUT2D eigenvalue weighted by atomic mass is 19.1. The topological polar surface area (TPSA) is 38.0 Å². The lowest BCUT2D eigenvalue weighted by molar-refractivity contribution is 0.345. The standard InChI is InChI=1S/C14H21FN2/c15-12-7-4-8-13(16)14(12)17-10-9-11-5-2-1-3-6-11/h4,7-8,11,17H,1-3,5-6,9-10,16H2. The minimum absolute atomic E-state index is 0.256. The van der Waals surface area contributed by atoms with Gasteiger partial charge < -0.3 is 11.1 Å². The Labute approximate surface area is 102 Å². The smallest absolute Gasteiger partial charge is 0.148 e. The number of nitrogens with two attached hydrogens (primary N) is 1. The Morgan fingerprint density at radius 3 is 2.71 bits per heavy atom. The maximum absolute atomic E-state index is 13.5. The first kappa shape index (κ1) is 12.2. The second kappa shape index (κ2) is 5.89. The van der Waals surface area contributed by atoms with E-state index in [4.69, 9.17) is 5.73 Å². The van der Waals surface area contributed by atoms with Gasteiger partial charge in [0.2, 0.25) is 0 Å². The molecule has 0 aromatic heterocycles. The fourth-order valence-electron chi connectivity index (χ4n) is 2.60. The first-order valence-corrected chi connectivity index (χ1v) is 6.55. The monoisotopic (exact) mass is 236 g/mol. The average Bonchev–Trinajstić information content (AvgIpc) is 2.34. The predicted molar refractivity (Wildman–Crippen MR) is 70.5 cm³/mol. The summed E-state index contributed by atoms with van der Waals surface area (Å²) < 4.78 is 13.5. The molecule has 0 atom stereocenters. The molecule has 0 radical (unpaired) electrons. The summed E-state index contributed by atoms with van der Waals surface area (Å²) in [5.41, 5.74) is 6.69. The third-order valence-electron chi connectivity index (χ3n) is 3.62. The summed E-state index contributed by atoms with van der Waals surface area (Å²) in [6.07, 6.45) is 7.86. The molecule has 0 spiro atoms. The van der Waals surface area contributed by atoms with Gasteiger partial charge in [0.05, 0.1) is 11.4 Å². The van der Waals surface area contributed by atoms with Gasteiger partial charge in [0.1, 0.15) is 5.82 Å². The zero-order valence-corrected chi connectivity index (χ0v) is 10.2. The van der Waals surface area contributed by atoms with Crippen LogP contribution in [0.1, 0.15) is 38.5 Å². The van der Waals surface area contributed by atoms with Crippen molar-refractivity contribution in [1.82, 2.24) is 0 Å². The van der Waals surface area contributed by atoms with Crippen molar-refractivity contribution >= 4 is 11.4 Å². The Kier molecular flexibility index (Phi) is 4.24. The third kappa shape index (κ3) is 3.35. The predicted octanol–water partition coefficient (Wildman–Crippen LogP) is 3.79. The molecule has 17 heavy (non-hydrogen) atoms. The quantitative estimate of drug-likeness (QED) is 0.780. The van der Waals surface area contributed by atoms with E-state index in [9.17, 15) is 4.39 Å². The van der Waals surface area contributed by atoms with Gasteiger partial charge in [-0.1, -0.05) is 38.2 Å². The van der Waals surface area contributed by atoms with Crippen LogP contribution < -0.4 is 11.1 Å². The molecule has 2 nitrogen and oxygen atoms in total. The molecular formula is C14H21FN2. The van der Waals surface area contributed by atoms with Crippen LogP contribution in [0, 0.1) is 11.7 Å². The van der Waals surface area contributed by atoms with E-state index in [1.807, 2.05) is 0 Å². The molecular weight excluding hydrogens is 215 g/mol. The van der Waals surface area contributed by atoms with Gasteiger partial charge in [-0.15, -0.1) is 0 Å². The van der Waals surface area contributed by atoms with Crippen molar-refractivity contribution in [3.63, 3.8) is 0 Å². The molecule has 0 aliphatic heterocycles. The third-order valence-corrected chi connectivity index (χ3v) is 3.62. The molecule has 1 aliphatic carbocycles. The molecule has 0 unspecified atom stereocenters. The lowest BCUT2D eigenvalue weighted by Gasteiger charge is -2.22. The number of anilines is 2. The molecule has 94 valence electrons. The highest BCUT2D eigenvalue weighted by Gasteiger charge is 2.13. The van der Waals surface area contributed by atoms with Crippen molar-refractivity contribution in [2.45, 2.75) is 38.5 Å². The fraction of sp³-hybridized carbons (Fsp3) is 0.571. The Morgan fingerprint density at radius 2 is 2.00 bits per heavy atom. The second-order valence-electron chi connectivity index (χ2n) is 4.92. The van der Waals surface area contributed by atoms with Crippen LogP contribution in [0.5, 0.6) is 0 Å². The number of rotatable bonds is 4. The van der Waals surface area contributed by atoms with Crippen molar-refractivity contribution in [2.24, 2.45) is 5.92 Å². The van der Waals surface area contributed by atoms with Crippen molar-refractivity contribution in [2.75, 3.05) is 17.6 Å². The van der Waals surface area contributed by atoms with E-state index in [0.717, 1.165) is 18.9 Å². The van der Waals surface area contributed by atoms with E-state index < -0.39 is 0 Å². The Hall–Kier alpha value is -1.25. The second-order valence-corrected chi connectivity index (χ2v) is 4.92.